The summed E-state index contributed by atoms with van der Waals surface area (Å²) < 4.78 is 0. The van der Waals surface area contributed by atoms with E-state index >= 15 is 0 Å². The molecule has 0 spiro atoms. The zero-order chi connectivity index (χ0) is 12.1. The Morgan fingerprint density at radius 2 is 2.00 bits per heavy atom. The molecule has 2 atom stereocenters. The Kier molecular flexibility index (Phi) is 5.60. The van der Waals surface area contributed by atoms with Crippen molar-refractivity contribution in [2.24, 2.45) is 5.92 Å². The van der Waals surface area contributed by atoms with Gasteiger partial charge in [-0.15, -0.1) is 0 Å². The molecule has 1 aromatic carbocycles. The van der Waals surface area contributed by atoms with Crippen LogP contribution in [0.15, 0.2) is 18.2 Å². The molecule has 0 aliphatic carbocycles. The van der Waals surface area contributed by atoms with Crippen LogP contribution in [0.5, 0.6) is 0 Å². The topological polar surface area (TPSA) is 20.2 Å². The molecule has 0 aromatic heterocycles. The third kappa shape index (κ3) is 3.97. The SMILES string of the molecule is CCC(C)CC(O)Cc1cccc(Cl)c1Cl. The first-order valence-electron chi connectivity index (χ1n) is 5.65. The largest absolute Gasteiger partial charge is 0.393 e. The third-order valence-corrected chi connectivity index (χ3v) is 3.72. The minimum atomic E-state index is -0.342. The maximum Gasteiger partial charge on any atom is 0.0625 e. The molecule has 0 heterocycles. The predicted molar refractivity (Wildman–Crippen MR) is 70.2 cm³/mol. The summed E-state index contributed by atoms with van der Waals surface area (Å²) in [5, 5.41) is 11.0. The van der Waals surface area contributed by atoms with Crippen LogP contribution in [0.1, 0.15) is 32.3 Å². The van der Waals surface area contributed by atoms with E-state index in [2.05, 4.69) is 13.8 Å². The number of hydrogen-bond donors (Lipinski definition) is 1. The highest BCUT2D eigenvalue weighted by molar-refractivity contribution is 6.42. The molecule has 0 saturated carbocycles. The van der Waals surface area contributed by atoms with E-state index in [4.69, 9.17) is 23.2 Å². The maximum absolute atomic E-state index is 9.92. The molecule has 1 aromatic rings. The number of rotatable bonds is 5. The maximum atomic E-state index is 9.92. The Bertz CT molecular complexity index is 339. The van der Waals surface area contributed by atoms with E-state index in [1.54, 1.807) is 6.07 Å². The molecule has 1 nitrogen and oxygen atoms in total. The Balaban J connectivity index is 2.62. The van der Waals surface area contributed by atoms with Crippen molar-refractivity contribution < 1.29 is 5.11 Å². The molecule has 0 fully saturated rings. The second-order valence-corrected chi connectivity index (χ2v) is 5.11. The number of aliphatic hydroxyl groups excluding tert-OH is 1. The Morgan fingerprint density at radius 3 is 2.62 bits per heavy atom. The average molecular weight is 261 g/mol. The van der Waals surface area contributed by atoms with Crippen LogP contribution in [0.2, 0.25) is 10.0 Å². The van der Waals surface area contributed by atoms with Gasteiger partial charge >= 0.3 is 0 Å². The van der Waals surface area contributed by atoms with Gasteiger partial charge in [0.2, 0.25) is 0 Å². The van der Waals surface area contributed by atoms with Gasteiger partial charge in [-0.05, 0) is 30.4 Å². The van der Waals surface area contributed by atoms with E-state index in [9.17, 15) is 5.11 Å². The summed E-state index contributed by atoms with van der Waals surface area (Å²) in [6.45, 7) is 4.27. The van der Waals surface area contributed by atoms with Gasteiger partial charge in [-0.1, -0.05) is 55.6 Å². The molecule has 16 heavy (non-hydrogen) atoms. The van der Waals surface area contributed by atoms with E-state index in [0.717, 1.165) is 18.4 Å². The molecule has 0 radical (unpaired) electrons. The summed E-state index contributed by atoms with van der Waals surface area (Å²) in [5.74, 6) is 0.535. The number of aliphatic hydroxyl groups is 1. The molecule has 0 aliphatic rings. The van der Waals surface area contributed by atoms with Crippen LogP contribution in [0, 0.1) is 5.92 Å². The van der Waals surface area contributed by atoms with Crippen molar-refractivity contribution in [3.8, 4) is 0 Å². The third-order valence-electron chi connectivity index (χ3n) is 2.86. The highest BCUT2D eigenvalue weighted by Crippen LogP contribution is 2.27. The van der Waals surface area contributed by atoms with Gasteiger partial charge in [0, 0.05) is 0 Å². The number of hydrogen-bond acceptors (Lipinski definition) is 1. The summed E-state index contributed by atoms with van der Waals surface area (Å²) in [6, 6.07) is 5.53. The fourth-order valence-electron chi connectivity index (χ4n) is 1.67. The lowest BCUT2D eigenvalue weighted by atomic mass is 9.97. The summed E-state index contributed by atoms with van der Waals surface area (Å²) in [7, 11) is 0. The first-order chi connectivity index (χ1) is 7.54. The molecule has 0 aliphatic heterocycles. The Labute approximate surface area is 107 Å². The molecule has 3 heteroatoms. The average Bonchev–Trinajstić information content (AvgIpc) is 2.24. The van der Waals surface area contributed by atoms with Crippen LogP contribution in [0.25, 0.3) is 0 Å². The second kappa shape index (κ2) is 6.48. The van der Waals surface area contributed by atoms with E-state index in [0.29, 0.717) is 22.4 Å². The standard InChI is InChI=1S/C13H18Cl2O/c1-3-9(2)7-11(16)8-10-5-4-6-12(14)13(10)15/h4-6,9,11,16H,3,7-8H2,1-2H3. The van der Waals surface area contributed by atoms with Gasteiger partial charge in [-0.3, -0.25) is 0 Å². The van der Waals surface area contributed by atoms with E-state index in [-0.39, 0.29) is 6.10 Å². The fraction of sp³-hybridized carbons (Fsp3) is 0.538. The van der Waals surface area contributed by atoms with Crippen molar-refractivity contribution in [1.82, 2.24) is 0 Å². The van der Waals surface area contributed by atoms with Crippen LogP contribution >= 0.6 is 23.2 Å². The van der Waals surface area contributed by atoms with E-state index < -0.39 is 0 Å². The second-order valence-electron chi connectivity index (χ2n) is 4.32. The van der Waals surface area contributed by atoms with Crippen LogP contribution in [0.4, 0.5) is 0 Å². The summed E-state index contributed by atoms with van der Waals surface area (Å²) in [5.41, 5.74) is 0.921. The van der Waals surface area contributed by atoms with Gasteiger partial charge in [0.15, 0.2) is 0 Å². The van der Waals surface area contributed by atoms with Crippen molar-refractivity contribution in [3.63, 3.8) is 0 Å². The van der Waals surface area contributed by atoms with Gasteiger partial charge in [-0.2, -0.15) is 0 Å². The summed E-state index contributed by atoms with van der Waals surface area (Å²) >= 11 is 12.0. The number of halogens is 2. The van der Waals surface area contributed by atoms with Gasteiger partial charge in [0.25, 0.3) is 0 Å². The van der Waals surface area contributed by atoms with E-state index in [1.165, 1.54) is 0 Å². The van der Waals surface area contributed by atoms with Crippen molar-refractivity contribution >= 4 is 23.2 Å². The molecule has 90 valence electrons. The molecule has 1 rings (SSSR count). The zero-order valence-electron chi connectivity index (χ0n) is 9.71. The molecule has 2 unspecified atom stereocenters. The minimum Gasteiger partial charge on any atom is -0.393 e. The van der Waals surface area contributed by atoms with Gasteiger partial charge in [0.1, 0.15) is 0 Å². The highest BCUT2D eigenvalue weighted by Gasteiger charge is 2.12. The van der Waals surface area contributed by atoms with Gasteiger partial charge in [0.05, 0.1) is 16.1 Å². The molecular formula is C13H18Cl2O. The Morgan fingerprint density at radius 1 is 1.31 bits per heavy atom. The molecule has 0 bridgehead atoms. The van der Waals surface area contributed by atoms with Gasteiger partial charge in [-0.25, -0.2) is 0 Å². The van der Waals surface area contributed by atoms with Crippen molar-refractivity contribution in [3.05, 3.63) is 33.8 Å². The van der Waals surface area contributed by atoms with Gasteiger partial charge < -0.3 is 5.11 Å². The molecular weight excluding hydrogens is 243 g/mol. The van der Waals surface area contributed by atoms with Crippen molar-refractivity contribution in [2.75, 3.05) is 0 Å². The van der Waals surface area contributed by atoms with Crippen LogP contribution in [-0.4, -0.2) is 11.2 Å². The Hall–Kier alpha value is -0.240. The van der Waals surface area contributed by atoms with Crippen LogP contribution in [0.3, 0.4) is 0 Å². The first-order valence-corrected chi connectivity index (χ1v) is 6.41. The zero-order valence-corrected chi connectivity index (χ0v) is 11.2. The lowest BCUT2D eigenvalue weighted by Crippen LogP contribution is -2.14. The lowest BCUT2D eigenvalue weighted by Gasteiger charge is -2.15. The van der Waals surface area contributed by atoms with Crippen molar-refractivity contribution in [1.29, 1.82) is 0 Å². The van der Waals surface area contributed by atoms with Crippen LogP contribution < -0.4 is 0 Å². The van der Waals surface area contributed by atoms with Crippen molar-refractivity contribution in [2.45, 2.75) is 39.2 Å². The normalized spacial score (nSPS) is 14.8. The smallest absolute Gasteiger partial charge is 0.0625 e. The molecule has 0 amide bonds. The van der Waals surface area contributed by atoms with Crippen LogP contribution in [-0.2, 0) is 6.42 Å². The predicted octanol–water partition coefficient (Wildman–Crippen LogP) is 4.33. The van der Waals surface area contributed by atoms with E-state index in [1.807, 2.05) is 12.1 Å². The summed E-state index contributed by atoms with van der Waals surface area (Å²) in [4.78, 5) is 0. The monoisotopic (exact) mass is 260 g/mol. The molecule has 0 saturated heterocycles. The fourth-order valence-corrected chi connectivity index (χ4v) is 2.07. The first kappa shape index (κ1) is 13.8. The minimum absolute atomic E-state index is 0.342. The number of benzene rings is 1. The molecule has 1 N–H and O–H groups in total. The lowest BCUT2D eigenvalue weighted by molar-refractivity contribution is 0.145. The highest BCUT2D eigenvalue weighted by atomic mass is 35.5. The summed E-state index contributed by atoms with van der Waals surface area (Å²) in [6.07, 6.45) is 2.12. The quantitative estimate of drug-likeness (QED) is 0.836.